The van der Waals surface area contributed by atoms with Gasteiger partial charge in [0.2, 0.25) is 0 Å². The summed E-state index contributed by atoms with van der Waals surface area (Å²) in [6.07, 6.45) is -2.38. The van der Waals surface area contributed by atoms with E-state index in [1.54, 1.807) is 52.0 Å². The van der Waals surface area contributed by atoms with Gasteiger partial charge in [0.25, 0.3) is 11.8 Å². The van der Waals surface area contributed by atoms with E-state index >= 15 is 0 Å². The van der Waals surface area contributed by atoms with E-state index < -0.39 is 17.9 Å². The zero-order valence-electron chi connectivity index (χ0n) is 19.6. The van der Waals surface area contributed by atoms with Gasteiger partial charge in [-0.25, -0.2) is 9.18 Å². The molecule has 1 heterocycles. The summed E-state index contributed by atoms with van der Waals surface area (Å²) >= 11 is 0. The molecule has 1 aliphatic rings. The van der Waals surface area contributed by atoms with E-state index in [-0.39, 0.29) is 64.0 Å². The highest BCUT2D eigenvalue weighted by Crippen LogP contribution is 2.22. The number of hydrogen-bond donors (Lipinski definition) is 1. The number of carbonyl (C=O) groups is 3. The van der Waals surface area contributed by atoms with Crippen LogP contribution < -0.4 is 5.32 Å². The number of imide groups is 1. The van der Waals surface area contributed by atoms with Crippen molar-refractivity contribution in [2.45, 2.75) is 45.6 Å². The minimum Gasteiger partial charge on any atom is -0.444 e. The Balaban J connectivity index is 1.49. The Morgan fingerprint density at radius 3 is 2.21 bits per heavy atom. The van der Waals surface area contributed by atoms with Crippen LogP contribution in [0.15, 0.2) is 24.3 Å². The van der Waals surface area contributed by atoms with Gasteiger partial charge in [0, 0.05) is 0 Å². The quantitative estimate of drug-likeness (QED) is 0.351. The first-order chi connectivity index (χ1) is 15.6. The molecule has 0 saturated carbocycles. The molecule has 0 bridgehead atoms. The largest absolute Gasteiger partial charge is 0.444 e. The molecule has 1 aromatic carbocycles. The maximum Gasteiger partial charge on any atom is 0.407 e. The van der Waals surface area contributed by atoms with Crippen LogP contribution in [0.4, 0.5) is 9.18 Å². The predicted octanol–water partition coefficient (Wildman–Crippen LogP) is 2.58. The van der Waals surface area contributed by atoms with Crippen LogP contribution in [0.3, 0.4) is 0 Å². The average Bonchev–Trinajstić information content (AvgIpc) is 2.98. The number of benzene rings is 1. The van der Waals surface area contributed by atoms with Gasteiger partial charge in [0.05, 0.1) is 63.4 Å². The van der Waals surface area contributed by atoms with Gasteiger partial charge in [-0.2, -0.15) is 0 Å². The van der Waals surface area contributed by atoms with Gasteiger partial charge in [-0.15, -0.1) is 0 Å². The molecule has 0 aromatic heterocycles. The lowest BCUT2D eigenvalue weighted by Crippen LogP contribution is -2.37. The van der Waals surface area contributed by atoms with Crippen molar-refractivity contribution in [2.24, 2.45) is 0 Å². The van der Waals surface area contributed by atoms with E-state index in [1.807, 2.05) is 0 Å². The molecular weight excluding hydrogens is 435 g/mol. The highest BCUT2D eigenvalue weighted by molar-refractivity contribution is 6.21. The average molecular weight is 469 g/mol. The van der Waals surface area contributed by atoms with Gasteiger partial charge >= 0.3 is 6.09 Å². The molecule has 1 N–H and O–H groups in total. The second kappa shape index (κ2) is 12.6. The molecule has 2 atom stereocenters. The van der Waals surface area contributed by atoms with Crippen LogP contribution in [-0.4, -0.2) is 86.8 Å². The third-order valence-electron chi connectivity index (χ3n) is 4.49. The third-order valence-corrected chi connectivity index (χ3v) is 4.49. The van der Waals surface area contributed by atoms with Crippen LogP contribution in [0.25, 0.3) is 0 Å². The lowest BCUT2D eigenvalue weighted by molar-refractivity contribution is -0.0174. The van der Waals surface area contributed by atoms with Crippen LogP contribution in [-0.2, 0) is 18.9 Å². The molecular formula is C23H33FN2O7. The van der Waals surface area contributed by atoms with Crippen molar-refractivity contribution < 1.29 is 37.7 Å². The second-order valence-electron chi connectivity index (χ2n) is 8.62. The third kappa shape index (κ3) is 9.07. The molecule has 184 valence electrons. The molecule has 0 aliphatic carbocycles. The van der Waals surface area contributed by atoms with Crippen molar-refractivity contribution in [3.63, 3.8) is 0 Å². The second-order valence-corrected chi connectivity index (χ2v) is 8.62. The van der Waals surface area contributed by atoms with E-state index in [0.29, 0.717) is 11.1 Å². The molecule has 0 spiro atoms. The lowest BCUT2D eigenvalue weighted by Gasteiger charge is -2.20. The summed E-state index contributed by atoms with van der Waals surface area (Å²) in [5.41, 5.74) is 0.184. The Morgan fingerprint density at radius 2 is 1.61 bits per heavy atom. The number of nitrogens with zero attached hydrogens (tertiary/aromatic N) is 1. The minimum atomic E-state index is -1.36. The zero-order chi connectivity index (χ0) is 24.4. The maximum atomic E-state index is 13.7. The Hall–Kier alpha value is -2.56. The molecule has 33 heavy (non-hydrogen) atoms. The highest BCUT2D eigenvalue weighted by Gasteiger charge is 2.35. The van der Waals surface area contributed by atoms with Crippen LogP contribution in [0, 0.1) is 0 Å². The number of halogens is 1. The summed E-state index contributed by atoms with van der Waals surface area (Å²) in [7, 11) is 0. The van der Waals surface area contributed by atoms with Crippen molar-refractivity contribution in [3.05, 3.63) is 35.4 Å². The van der Waals surface area contributed by atoms with Crippen LogP contribution in [0.1, 0.15) is 48.4 Å². The molecule has 0 fully saturated rings. The van der Waals surface area contributed by atoms with Crippen LogP contribution in [0.2, 0.25) is 0 Å². The van der Waals surface area contributed by atoms with E-state index in [0.717, 1.165) is 0 Å². The molecule has 0 radical (unpaired) electrons. The van der Waals surface area contributed by atoms with Crippen LogP contribution >= 0.6 is 0 Å². The molecule has 3 amide bonds. The molecule has 10 heteroatoms. The smallest absolute Gasteiger partial charge is 0.407 e. The Labute approximate surface area is 193 Å². The SMILES string of the molecule is CC(CN1C(=O)c2ccccc2C1=O)OCCOCCOCC(F)CNC(=O)OC(C)(C)C. The van der Waals surface area contributed by atoms with Crippen molar-refractivity contribution >= 4 is 17.9 Å². The van der Waals surface area contributed by atoms with Crippen LogP contribution in [0.5, 0.6) is 0 Å². The van der Waals surface area contributed by atoms with E-state index in [4.69, 9.17) is 18.9 Å². The maximum absolute atomic E-state index is 13.7. The van der Waals surface area contributed by atoms with Crippen molar-refractivity contribution in [2.75, 3.05) is 46.1 Å². The molecule has 2 rings (SSSR count). The highest BCUT2D eigenvalue weighted by atomic mass is 19.1. The first kappa shape index (κ1) is 26.7. The number of alkyl carbamates (subject to hydrolysis) is 1. The lowest BCUT2D eigenvalue weighted by atomic mass is 10.1. The number of nitrogens with one attached hydrogen (secondary N) is 1. The van der Waals surface area contributed by atoms with Gasteiger partial charge in [0.1, 0.15) is 11.8 Å². The summed E-state index contributed by atoms with van der Waals surface area (Å²) in [6.45, 7) is 7.74. The van der Waals surface area contributed by atoms with Gasteiger partial charge < -0.3 is 24.3 Å². The number of amides is 3. The fourth-order valence-electron chi connectivity index (χ4n) is 3.02. The number of carbonyl (C=O) groups excluding carboxylic acids is 3. The van der Waals surface area contributed by atoms with E-state index in [2.05, 4.69) is 5.32 Å². The first-order valence-electron chi connectivity index (χ1n) is 10.9. The monoisotopic (exact) mass is 468 g/mol. The van der Waals surface area contributed by atoms with Crippen molar-refractivity contribution in [1.82, 2.24) is 10.2 Å². The minimum absolute atomic E-state index is 0.157. The molecule has 0 saturated heterocycles. The topological polar surface area (TPSA) is 103 Å². The summed E-state index contributed by atoms with van der Waals surface area (Å²) in [5.74, 6) is -0.626. The first-order valence-corrected chi connectivity index (χ1v) is 10.9. The van der Waals surface area contributed by atoms with Gasteiger partial charge in [-0.05, 0) is 39.8 Å². The van der Waals surface area contributed by atoms with Crippen molar-refractivity contribution in [3.8, 4) is 0 Å². The fourth-order valence-corrected chi connectivity index (χ4v) is 3.02. The van der Waals surface area contributed by atoms with Gasteiger partial charge in [-0.1, -0.05) is 12.1 Å². The number of ether oxygens (including phenoxy) is 4. The zero-order valence-corrected chi connectivity index (χ0v) is 19.6. The van der Waals surface area contributed by atoms with Gasteiger partial charge in [-0.3, -0.25) is 14.5 Å². The molecule has 1 aliphatic heterocycles. The number of hydrogen-bond acceptors (Lipinski definition) is 7. The molecule has 1 aromatic rings. The molecule has 9 nitrogen and oxygen atoms in total. The fraction of sp³-hybridized carbons (Fsp3) is 0.609. The number of rotatable bonds is 13. The van der Waals surface area contributed by atoms with E-state index in [9.17, 15) is 18.8 Å². The summed E-state index contributed by atoms with van der Waals surface area (Å²) in [6, 6.07) is 6.73. The number of alkyl halides is 1. The molecule has 2 unspecified atom stereocenters. The standard InChI is InChI=1S/C23H33FN2O7/c1-16(14-26-20(27)18-7-5-6-8-19(18)21(26)28)32-12-11-30-9-10-31-15-17(24)13-25-22(29)33-23(2,3)4/h5-8,16-17H,9-15H2,1-4H3,(H,25,29). The Kier molecular flexibility index (Phi) is 10.2. The van der Waals surface area contributed by atoms with Crippen molar-refractivity contribution in [1.29, 1.82) is 0 Å². The Bertz CT molecular complexity index is 777. The summed E-state index contributed by atoms with van der Waals surface area (Å²) < 4.78 is 34.9. The van der Waals surface area contributed by atoms with E-state index in [1.165, 1.54) is 4.90 Å². The summed E-state index contributed by atoms with van der Waals surface area (Å²) in [5, 5.41) is 2.35. The number of fused-ring (bicyclic) bond motifs is 1. The summed E-state index contributed by atoms with van der Waals surface area (Å²) in [4.78, 5) is 37.4. The predicted molar refractivity (Wildman–Crippen MR) is 118 cm³/mol. The normalized spacial score (nSPS) is 15.4. The Morgan fingerprint density at radius 1 is 1.03 bits per heavy atom. The van der Waals surface area contributed by atoms with Gasteiger partial charge in [0.15, 0.2) is 0 Å².